The van der Waals surface area contributed by atoms with Crippen molar-refractivity contribution in [1.29, 1.82) is 0 Å². The van der Waals surface area contributed by atoms with Crippen molar-refractivity contribution in [2.24, 2.45) is 17.8 Å². The minimum Gasteiger partial charge on any atom is -0.481 e. The Morgan fingerprint density at radius 2 is 1.73 bits per heavy atom. The minimum atomic E-state index is -0.736. The number of aliphatic carboxylic acids is 1. The van der Waals surface area contributed by atoms with Gasteiger partial charge in [-0.15, -0.1) is 23.2 Å². The molecule has 3 rings (SSSR count). The van der Waals surface area contributed by atoms with E-state index in [1.807, 2.05) is 0 Å². The maximum atomic E-state index is 10.6. The molecule has 4 unspecified atom stereocenters. The summed E-state index contributed by atoms with van der Waals surface area (Å²) in [5.74, 6) is -0.747. The van der Waals surface area contributed by atoms with Gasteiger partial charge in [-0.25, -0.2) is 0 Å². The van der Waals surface area contributed by atoms with Crippen molar-refractivity contribution in [2.75, 3.05) is 0 Å². The third kappa shape index (κ3) is 0.828. The van der Waals surface area contributed by atoms with E-state index < -0.39 is 5.97 Å². The molecule has 0 spiro atoms. The molecule has 3 saturated carbocycles. The van der Waals surface area contributed by atoms with E-state index in [0.717, 1.165) is 6.42 Å². The predicted molar refractivity (Wildman–Crippen MR) is 42.0 cm³/mol. The zero-order valence-electron chi connectivity index (χ0n) is 5.71. The standard InChI is InChI=1S/C7H8Cl2O2/c8-5-2-1-3(6(5)9)4(2)7(10)11/h2-6H,1H2,(H,10,11). The van der Waals surface area contributed by atoms with Crippen molar-refractivity contribution in [2.45, 2.75) is 17.2 Å². The molecule has 62 valence electrons. The summed E-state index contributed by atoms with van der Waals surface area (Å²) >= 11 is 11.8. The Bertz CT molecular complexity index is 193. The van der Waals surface area contributed by atoms with Gasteiger partial charge < -0.3 is 5.11 Å². The molecule has 3 fully saturated rings. The van der Waals surface area contributed by atoms with Crippen molar-refractivity contribution in [3.8, 4) is 0 Å². The number of hydrogen-bond donors (Lipinski definition) is 1. The molecule has 0 aliphatic heterocycles. The summed E-state index contributed by atoms with van der Waals surface area (Å²) < 4.78 is 0. The molecule has 0 amide bonds. The van der Waals surface area contributed by atoms with Gasteiger partial charge >= 0.3 is 5.97 Å². The first-order chi connectivity index (χ1) is 5.13. The number of fused-ring (bicyclic) bond motifs is 1. The van der Waals surface area contributed by atoms with E-state index in [1.54, 1.807) is 0 Å². The lowest BCUT2D eigenvalue weighted by molar-refractivity contribution is -0.148. The van der Waals surface area contributed by atoms with Crippen LogP contribution >= 0.6 is 23.2 Å². The molecule has 11 heavy (non-hydrogen) atoms. The van der Waals surface area contributed by atoms with Gasteiger partial charge in [0.15, 0.2) is 0 Å². The normalized spacial score (nSPS) is 53.8. The smallest absolute Gasteiger partial charge is 0.307 e. The van der Waals surface area contributed by atoms with Crippen molar-refractivity contribution in [3.63, 3.8) is 0 Å². The molecule has 2 nitrogen and oxygen atoms in total. The van der Waals surface area contributed by atoms with Gasteiger partial charge in [0, 0.05) is 0 Å². The fraction of sp³-hybridized carbons (Fsp3) is 0.857. The average Bonchev–Trinajstić information content (AvgIpc) is 2.17. The predicted octanol–water partition coefficient (Wildman–Crippen LogP) is 1.55. The van der Waals surface area contributed by atoms with Crippen molar-refractivity contribution in [3.05, 3.63) is 0 Å². The summed E-state index contributed by atoms with van der Waals surface area (Å²) in [4.78, 5) is 10.6. The monoisotopic (exact) mass is 194 g/mol. The highest BCUT2D eigenvalue weighted by atomic mass is 35.5. The number of carbonyl (C=O) groups is 1. The van der Waals surface area contributed by atoms with E-state index in [2.05, 4.69) is 0 Å². The van der Waals surface area contributed by atoms with Gasteiger partial charge in [-0.2, -0.15) is 0 Å². The molecular formula is C7H8Cl2O2. The highest BCUT2D eigenvalue weighted by Gasteiger charge is 2.61. The van der Waals surface area contributed by atoms with Crippen LogP contribution in [-0.2, 0) is 4.79 Å². The van der Waals surface area contributed by atoms with Crippen LogP contribution < -0.4 is 0 Å². The first-order valence-electron chi connectivity index (χ1n) is 3.64. The zero-order valence-corrected chi connectivity index (χ0v) is 7.22. The van der Waals surface area contributed by atoms with Crippen LogP contribution in [0, 0.1) is 17.8 Å². The van der Waals surface area contributed by atoms with Crippen molar-refractivity contribution >= 4 is 29.2 Å². The van der Waals surface area contributed by atoms with Crippen molar-refractivity contribution < 1.29 is 9.90 Å². The number of alkyl halides is 2. The van der Waals surface area contributed by atoms with Gasteiger partial charge in [0.1, 0.15) is 0 Å². The molecule has 0 aromatic heterocycles. The third-order valence-electron chi connectivity index (χ3n) is 2.87. The highest BCUT2D eigenvalue weighted by molar-refractivity contribution is 6.31. The maximum Gasteiger partial charge on any atom is 0.307 e. The molecule has 0 saturated heterocycles. The SMILES string of the molecule is O=C(O)C1C2CC1C(Cl)C2Cl. The highest BCUT2D eigenvalue weighted by Crippen LogP contribution is 2.57. The second kappa shape index (κ2) is 2.27. The Labute approximate surface area is 74.5 Å². The quantitative estimate of drug-likeness (QED) is 0.644. The lowest BCUT2D eigenvalue weighted by Crippen LogP contribution is -2.37. The fourth-order valence-corrected chi connectivity index (χ4v) is 3.12. The molecule has 1 N–H and O–H groups in total. The van der Waals surface area contributed by atoms with E-state index in [4.69, 9.17) is 28.3 Å². The van der Waals surface area contributed by atoms with Gasteiger partial charge in [0.2, 0.25) is 0 Å². The van der Waals surface area contributed by atoms with Gasteiger partial charge in [0.25, 0.3) is 0 Å². The Morgan fingerprint density at radius 3 is 1.91 bits per heavy atom. The van der Waals surface area contributed by atoms with Gasteiger partial charge in [-0.1, -0.05) is 0 Å². The molecule has 2 bridgehead atoms. The fourth-order valence-electron chi connectivity index (χ4n) is 2.22. The second-order valence-corrected chi connectivity index (χ2v) is 4.32. The molecule has 4 atom stereocenters. The van der Waals surface area contributed by atoms with E-state index in [-0.39, 0.29) is 28.5 Å². The number of carboxylic acid groups (broad SMARTS) is 1. The molecule has 0 radical (unpaired) electrons. The third-order valence-corrected chi connectivity index (χ3v) is 4.19. The molecule has 0 heterocycles. The molecule has 3 aliphatic rings. The molecule has 0 aromatic rings. The van der Waals surface area contributed by atoms with E-state index in [9.17, 15) is 4.79 Å². The second-order valence-electron chi connectivity index (χ2n) is 3.32. The maximum absolute atomic E-state index is 10.6. The Morgan fingerprint density at radius 1 is 1.27 bits per heavy atom. The first kappa shape index (κ1) is 7.69. The molecule has 3 aliphatic carbocycles. The Kier molecular flexibility index (Phi) is 1.58. The van der Waals surface area contributed by atoms with Crippen LogP contribution in [0.1, 0.15) is 6.42 Å². The molecule has 4 heteroatoms. The van der Waals surface area contributed by atoms with Crippen LogP contribution in [0.5, 0.6) is 0 Å². The summed E-state index contributed by atoms with van der Waals surface area (Å²) in [7, 11) is 0. The van der Waals surface area contributed by atoms with Crippen LogP contribution in [0.25, 0.3) is 0 Å². The summed E-state index contributed by atoms with van der Waals surface area (Å²) in [6, 6.07) is 0. The Balaban J connectivity index is 2.17. The van der Waals surface area contributed by atoms with E-state index >= 15 is 0 Å². The lowest BCUT2D eigenvalue weighted by Gasteiger charge is -2.32. The van der Waals surface area contributed by atoms with E-state index in [0.29, 0.717) is 0 Å². The van der Waals surface area contributed by atoms with Crippen LogP contribution in [0.3, 0.4) is 0 Å². The summed E-state index contributed by atoms with van der Waals surface area (Å²) in [6.45, 7) is 0. The van der Waals surface area contributed by atoms with Crippen LogP contribution in [-0.4, -0.2) is 21.8 Å². The number of hydrogen-bond acceptors (Lipinski definition) is 1. The molecule has 0 aromatic carbocycles. The number of rotatable bonds is 1. The van der Waals surface area contributed by atoms with Crippen LogP contribution in [0.15, 0.2) is 0 Å². The number of halogens is 2. The van der Waals surface area contributed by atoms with Gasteiger partial charge in [0.05, 0.1) is 16.7 Å². The zero-order chi connectivity index (χ0) is 8.17. The van der Waals surface area contributed by atoms with Gasteiger partial charge in [-0.3, -0.25) is 4.79 Å². The Hall–Kier alpha value is 0.0500. The summed E-state index contributed by atoms with van der Waals surface area (Å²) in [5, 5.41) is 8.49. The van der Waals surface area contributed by atoms with Crippen LogP contribution in [0.4, 0.5) is 0 Å². The van der Waals surface area contributed by atoms with E-state index in [1.165, 1.54) is 0 Å². The lowest BCUT2D eigenvalue weighted by atomic mass is 9.72. The summed E-state index contributed by atoms with van der Waals surface area (Å²) in [6.07, 6.45) is 0.902. The van der Waals surface area contributed by atoms with Gasteiger partial charge in [-0.05, 0) is 18.3 Å². The topological polar surface area (TPSA) is 37.3 Å². The summed E-state index contributed by atoms with van der Waals surface area (Å²) in [5.41, 5.74) is 0. The minimum absolute atomic E-state index is 0.122. The first-order valence-corrected chi connectivity index (χ1v) is 4.51. The largest absolute Gasteiger partial charge is 0.481 e. The molecular weight excluding hydrogens is 187 g/mol. The van der Waals surface area contributed by atoms with Crippen molar-refractivity contribution in [1.82, 2.24) is 0 Å². The van der Waals surface area contributed by atoms with Crippen LogP contribution in [0.2, 0.25) is 0 Å². The average molecular weight is 195 g/mol. The number of carboxylic acids is 1.